The van der Waals surface area contributed by atoms with Crippen molar-refractivity contribution in [1.29, 1.82) is 0 Å². The number of carbonyl (C=O) groups excluding carboxylic acids is 1. The van der Waals surface area contributed by atoms with Crippen molar-refractivity contribution >= 4 is 5.91 Å². The number of benzene rings is 2. The Hall–Kier alpha value is -3.22. The second kappa shape index (κ2) is 7.77. The molecule has 1 N–H and O–H groups in total. The molecule has 1 amide bonds. The summed E-state index contributed by atoms with van der Waals surface area (Å²) in [5.41, 5.74) is 1.79. The van der Waals surface area contributed by atoms with Gasteiger partial charge in [0.25, 0.3) is 5.91 Å². The van der Waals surface area contributed by atoms with Gasteiger partial charge in [0.15, 0.2) is 0 Å². The van der Waals surface area contributed by atoms with Crippen LogP contribution in [0.15, 0.2) is 48.5 Å². The van der Waals surface area contributed by atoms with E-state index in [1.165, 1.54) is 16.8 Å². The molecule has 1 aromatic heterocycles. The normalized spacial score (nSPS) is 10.6. The van der Waals surface area contributed by atoms with E-state index in [0.717, 1.165) is 11.3 Å². The molecule has 0 saturated carbocycles. The highest BCUT2D eigenvalue weighted by Crippen LogP contribution is 2.12. The van der Waals surface area contributed by atoms with Crippen molar-refractivity contribution in [3.05, 3.63) is 71.6 Å². The minimum atomic E-state index is -0.388. The number of hydrogen-bond donors (Lipinski definition) is 1. The van der Waals surface area contributed by atoms with Gasteiger partial charge in [-0.05, 0) is 50.2 Å². The molecule has 7 heteroatoms. The van der Waals surface area contributed by atoms with E-state index < -0.39 is 0 Å². The van der Waals surface area contributed by atoms with Gasteiger partial charge in [0.2, 0.25) is 5.82 Å². The van der Waals surface area contributed by atoms with Gasteiger partial charge < -0.3 is 10.1 Å². The number of ether oxygens (including phenoxy) is 1. The molecular formula is C19H19FN4O2. The third-order valence-corrected chi connectivity index (χ3v) is 3.72. The summed E-state index contributed by atoms with van der Waals surface area (Å²) in [5, 5.41) is 6.91. The smallest absolute Gasteiger partial charge is 0.291 e. The fraction of sp³-hybridized carbons (Fsp3) is 0.211. The Labute approximate surface area is 150 Å². The fourth-order valence-electron chi connectivity index (χ4n) is 2.36. The zero-order valence-electron chi connectivity index (χ0n) is 14.6. The molecular weight excluding hydrogens is 335 g/mol. The molecule has 0 aliphatic rings. The standard InChI is InChI=1S/C19H19FN4O2/c1-13-3-9-17(10-4-13)26-12-11-21-19(25)18-22-14(2)24(23-18)16-7-5-15(20)6-8-16/h3-10H,11-12H2,1-2H3,(H,21,25). The maximum atomic E-state index is 13.0. The topological polar surface area (TPSA) is 69.0 Å². The van der Waals surface area contributed by atoms with Crippen LogP contribution in [0.25, 0.3) is 5.69 Å². The summed E-state index contributed by atoms with van der Waals surface area (Å²) in [7, 11) is 0. The molecule has 0 spiro atoms. The highest BCUT2D eigenvalue weighted by molar-refractivity contribution is 5.90. The third-order valence-electron chi connectivity index (χ3n) is 3.72. The van der Waals surface area contributed by atoms with Crippen molar-refractivity contribution in [2.75, 3.05) is 13.2 Å². The lowest BCUT2D eigenvalue weighted by Crippen LogP contribution is -2.29. The van der Waals surface area contributed by atoms with Crippen molar-refractivity contribution in [2.45, 2.75) is 13.8 Å². The molecule has 2 aromatic carbocycles. The minimum Gasteiger partial charge on any atom is -0.492 e. The first-order valence-corrected chi connectivity index (χ1v) is 8.20. The lowest BCUT2D eigenvalue weighted by molar-refractivity contribution is 0.0936. The second-order valence-corrected chi connectivity index (χ2v) is 5.79. The summed E-state index contributed by atoms with van der Waals surface area (Å²) < 4.78 is 20.1. The molecule has 26 heavy (non-hydrogen) atoms. The van der Waals surface area contributed by atoms with E-state index in [-0.39, 0.29) is 17.5 Å². The van der Waals surface area contributed by atoms with Crippen LogP contribution >= 0.6 is 0 Å². The fourth-order valence-corrected chi connectivity index (χ4v) is 2.36. The quantitative estimate of drug-likeness (QED) is 0.691. The van der Waals surface area contributed by atoms with Crippen LogP contribution in [0.4, 0.5) is 4.39 Å². The van der Waals surface area contributed by atoms with E-state index in [1.807, 2.05) is 31.2 Å². The summed E-state index contributed by atoms with van der Waals surface area (Å²) >= 11 is 0. The molecule has 0 radical (unpaired) electrons. The van der Waals surface area contributed by atoms with Gasteiger partial charge in [0.1, 0.15) is 24.0 Å². The first-order valence-electron chi connectivity index (χ1n) is 8.20. The lowest BCUT2D eigenvalue weighted by atomic mass is 10.2. The van der Waals surface area contributed by atoms with Crippen LogP contribution in [-0.4, -0.2) is 33.8 Å². The molecule has 0 aliphatic heterocycles. The van der Waals surface area contributed by atoms with Crippen LogP contribution in [0.5, 0.6) is 5.75 Å². The Morgan fingerprint density at radius 3 is 2.50 bits per heavy atom. The van der Waals surface area contributed by atoms with E-state index in [1.54, 1.807) is 19.1 Å². The Bertz CT molecular complexity index is 889. The third kappa shape index (κ3) is 4.24. The average molecular weight is 354 g/mol. The number of nitrogens with one attached hydrogen (secondary N) is 1. The SMILES string of the molecule is Cc1ccc(OCCNC(=O)c2nc(C)n(-c3ccc(F)cc3)n2)cc1. The van der Waals surface area contributed by atoms with E-state index in [4.69, 9.17) is 4.74 Å². The summed E-state index contributed by atoms with van der Waals surface area (Å²) in [6.07, 6.45) is 0. The van der Waals surface area contributed by atoms with Crippen LogP contribution in [0.1, 0.15) is 22.0 Å². The lowest BCUT2D eigenvalue weighted by Gasteiger charge is -2.06. The Morgan fingerprint density at radius 2 is 1.81 bits per heavy atom. The molecule has 3 rings (SSSR count). The van der Waals surface area contributed by atoms with Gasteiger partial charge in [0.05, 0.1) is 12.2 Å². The number of amides is 1. The summed E-state index contributed by atoms with van der Waals surface area (Å²) in [4.78, 5) is 16.3. The first-order chi connectivity index (χ1) is 12.5. The number of nitrogens with zero attached hydrogens (tertiary/aromatic N) is 3. The zero-order chi connectivity index (χ0) is 18.5. The van der Waals surface area contributed by atoms with Crippen LogP contribution in [0, 0.1) is 19.7 Å². The number of halogens is 1. The average Bonchev–Trinajstić information content (AvgIpc) is 3.02. The van der Waals surface area contributed by atoms with Crippen molar-refractivity contribution in [3.63, 3.8) is 0 Å². The molecule has 1 heterocycles. The maximum Gasteiger partial charge on any atom is 0.291 e. The molecule has 6 nitrogen and oxygen atoms in total. The van der Waals surface area contributed by atoms with Gasteiger partial charge in [-0.25, -0.2) is 14.1 Å². The van der Waals surface area contributed by atoms with Gasteiger partial charge in [-0.15, -0.1) is 5.10 Å². The van der Waals surface area contributed by atoms with Crippen molar-refractivity contribution in [2.24, 2.45) is 0 Å². The van der Waals surface area contributed by atoms with E-state index in [2.05, 4.69) is 15.4 Å². The second-order valence-electron chi connectivity index (χ2n) is 5.79. The molecule has 0 bridgehead atoms. The van der Waals surface area contributed by atoms with Crippen LogP contribution in [-0.2, 0) is 0 Å². The Balaban J connectivity index is 1.55. The predicted octanol–water partition coefficient (Wildman–Crippen LogP) is 2.83. The van der Waals surface area contributed by atoms with E-state index >= 15 is 0 Å². The number of aryl methyl sites for hydroxylation is 2. The van der Waals surface area contributed by atoms with Gasteiger partial charge in [-0.3, -0.25) is 4.79 Å². The molecule has 0 atom stereocenters. The minimum absolute atomic E-state index is 0.0576. The number of hydrogen-bond acceptors (Lipinski definition) is 4. The van der Waals surface area contributed by atoms with Crippen molar-refractivity contribution in [1.82, 2.24) is 20.1 Å². The summed E-state index contributed by atoms with van der Waals surface area (Å²) in [5.74, 6) is 0.624. The Kier molecular flexibility index (Phi) is 5.26. The predicted molar refractivity (Wildman–Crippen MR) is 95.1 cm³/mol. The molecule has 0 fully saturated rings. The molecule has 0 saturated heterocycles. The van der Waals surface area contributed by atoms with Crippen molar-refractivity contribution < 1.29 is 13.9 Å². The van der Waals surface area contributed by atoms with Crippen LogP contribution in [0.3, 0.4) is 0 Å². The Morgan fingerprint density at radius 1 is 1.12 bits per heavy atom. The molecule has 0 unspecified atom stereocenters. The highest BCUT2D eigenvalue weighted by atomic mass is 19.1. The molecule has 134 valence electrons. The largest absolute Gasteiger partial charge is 0.492 e. The number of rotatable bonds is 6. The highest BCUT2D eigenvalue weighted by Gasteiger charge is 2.14. The van der Waals surface area contributed by atoms with Crippen LogP contribution < -0.4 is 10.1 Å². The zero-order valence-corrected chi connectivity index (χ0v) is 14.6. The molecule has 3 aromatic rings. The first kappa shape index (κ1) is 17.6. The van der Waals surface area contributed by atoms with E-state index in [9.17, 15) is 9.18 Å². The van der Waals surface area contributed by atoms with Crippen molar-refractivity contribution in [3.8, 4) is 11.4 Å². The van der Waals surface area contributed by atoms with Crippen LogP contribution in [0.2, 0.25) is 0 Å². The monoisotopic (exact) mass is 354 g/mol. The maximum absolute atomic E-state index is 13.0. The summed E-state index contributed by atoms with van der Waals surface area (Å²) in [6.45, 7) is 4.40. The molecule has 0 aliphatic carbocycles. The number of aromatic nitrogens is 3. The van der Waals surface area contributed by atoms with Gasteiger partial charge in [-0.2, -0.15) is 0 Å². The van der Waals surface area contributed by atoms with Gasteiger partial charge >= 0.3 is 0 Å². The summed E-state index contributed by atoms with van der Waals surface area (Å²) in [6, 6.07) is 13.5. The van der Waals surface area contributed by atoms with E-state index in [0.29, 0.717) is 24.7 Å². The van der Waals surface area contributed by atoms with Gasteiger partial charge in [0, 0.05) is 0 Å². The number of carbonyl (C=O) groups is 1. The van der Waals surface area contributed by atoms with Gasteiger partial charge in [-0.1, -0.05) is 17.7 Å².